The third kappa shape index (κ3) is 20.8. The lowest BCUT2D eigenvalue weighted by Gasteiger charge is -2.31. The molecule has 0 saturated heterocycles. The summed E-state index contributed by atoms with van der Waals surface area (Å²) in [6.45, 7) is 9.33. The van der Waals surface area contributed by atoms with Gasteiger partial charge >= 0.3 is 11.9 Å². The van der Waals surface area contributed by atoms with Gasteiger partial charge in [0, 0.05) is 12.2 Å². The van der Waals surface area contributed by atoms with Gasteiger partial charge in [0.1, 0.15) is 0 Å². The number of hydrogen-bond donors (Lipinski definition) is 0. The van der Waals surface area contributed by atoms with Gasteiger partial charge in [0.15, 0.2) is 0 Å². The molecule has 0 atom stereocenters. The highest BCUT2D eigenvalue weighted by atomic mass is 28.4. The van der Waals surface area contributed by atoms with Gasteiger partial charge in [-0.1, -0.05) is 137 Å². The first-order valence-corrected chi connectivity index (χ1v) is 17.6. The number of hydrogen-bond acceptors (Lipinski definition) is 4. The minimum atomic E-state index is -2.18. The summed E-state index contributed by atoms with van der Waals surface area (Å²) < 4.78 is 11.6. The van der Waals surface area contributed by atoms with E-state index in [0.29, 0.717) is 6.61 Å². The lowest BCUT2D eigenvalue weighted by molar-refractivity contribution is -0.138. The lowest BCUT2D eigenvalue weighted by Crippen LogP contribution is -2.40. The van der Waals surface area contributed by atoms with Crippen molar-refractivity contribution in [1.82, 2.24) is 0 Å². The standard InChI is InChI=1S/C30H58O4Si/c1-5-9-13-17-18-19-25-33-29(31)23-24-30(32)34-35(26-20-14-10-6-2,27-21-15-11-7-3)28-22-16-12-8-4/h23-24H,5-22,25-28H2,1-4H3/b24-23-. The van der Waals surface area contributed by atoms with Crippen molar-refractivity contribution < 1.29 is 18.8 Å². The molecular weight excluding hydrogens is 452 g/mol. The minimum absolute atomic E-state index is 0.338. The molecule has 0 radical (unpaired) electrons. The molecule has 0 bridgehead atoms. The van der Waals surface area contributed by atoms with Crippen LogP contribution in [-0.2, 0) is 18.8 Å². The van der Waals surface area contributed by atoms with Crippen LogP contribution >= 0.6 is 0 Å². The monoisotopic (exact) mass is 510 g/mol. The second kappa shape index (κ2) is 24.6. The molecular formula is C30H58O4Si. The average Bonchev–Trinajstić information content (AvgIpc) is 2.85. The molecule has 206 valence electrons. The molecule has 0 aromatic carbocycles. The van der Waals surface area contributed by atoms with E-state index in [2.05, 4.69) is 27.7 Å². The predicted molar refractivity (Wildman–Crippen MR) is 152 cm³/mol. The van der Waals surface area contributed by atoms with Crippen LogP contribution in [0.5, 0.6) is 0 Å². The van der Waals surface area contributed by atoms with Crippen LogP contribution in [0.1, 0.15) is 143 Å². The fourth-order valence-corrected chi connectivity index (χ4v) is 8.87. The fraction of sp³-hybridized carbons (Fsp3) is 0.867. The van der Waals surface area contributed by atoms with Gasteiger partial charge in [0.25, 0.3) is 8.32 Å². The van der Waals surface area contributed by atoms with Crippen LogP contribution < -0.4 is 0 Å². The zero-order chi connectivity index (χ0) is 26.0. The molecule has 0 amide bonds. The SMILES string of the molecule is CCCCCCCCOC(=O)/C=C\C(=O)O[Si](CCCCCC)(CCCCCC)CCCCCC. The lowest BCUT2D eigenvalue weighted by atomic mass is 10.1. The molecule has 0 fully saturated rings. The predicted octanol–water partition coefficient (Wildman–Crippen LogP) is 9.68. The quantitative estimate of drug-likeness (QED) is 0.0531. The summed E-state index contributed by atoms with van der Waals surface area (Å²) in [6.07, 6.45) is 24.0. The summed E-state index contributed by atoms with van der Waals surface area (Å²) in [5.41, 5.74) is 0. The van der Waals surface area contributed by atoms with Gasteiger partial charge < -0.3 is 9.16 Å². The van der Waals surface area contributed by atoms with E-state index in [9.17, 15) is 9.59 Å². The van der Waals surface area contributed by atoms with Crippen molar-refractivity contribution in [3.8, 4) is 0 Å². The van der Waals surface area contributed by atoms with E-state index >= 15 is 0 Å². The van der Waals surface area contributed by atoms with Crippen molar-refractivity contribution >= 4 is 20.3 Å². The largest absolute Gasteiger partial charge is 0.516 e. The summed E-state index contributed by atoms with van der Waals surface area (Å²) in [6, 6.07) is 3.19. The summed E-state index contributed by atoms with van der Waals surface area (Å²) in [5, 5.41) is 0. The molecule has 0 aromatic heterocycles. The highest BCUT2D eigenvalue weighted by molar-refractivity contribution is 6.75. The zero-order valence-corrected chi connectivity index (χ0v) is 24.8. The van der Waals surface area contributed by atoms with Gasteiger partial charge in [-0.3, -0.25) is 0 Å². The molecule has 0 aliphatic heterocycles. The number of esters is 1. The molecule has 0 saturated carbocycles. The second-order valence-corrected chi connectivity index (χ2v) is 14.4. The average molecular weight is 511 g/mol. The van der Waals surface area contributed by atoms with Crippen molar-refractivity contribution in [3.63, 3.8) is 0 Å². The Hall–Kier alpha value is -1.10. The first-order valence-electron chi connectivity index (χ1n) is 15.1. The maximum absolute atomic E-state index is 12.8. The first-order chi connectivity index (χ1) is 17.0. The number of unbranched alkanes of at least 4 members (excludes halogenated alkanes) is 14. The smallest absolute Gasteiger partial charge is 0.331 e. The molecule has 4 nitrogen and oxygen atoms in total. The number of carbonyl (C=O) groups is 2. The Balaban J connectivity index is 4.89. The highest BCUT2D eigenvalue weighted by Gasteiger charge is 2.36. The third-order valence-corrected chi connectivity index (χ3v) is 11.3. The van der Waals surface area contributed by atoms with Crippen LogP contribution in [-0.4, -0.2) is 26.9 Å². The van der Waals surface area contributed by atoms with Gasteiger partial charge in [0.05, 0.1) is 6.61 Å². The normalized spacial score (nSPS) is 11.8. The van der Waals surface area contributed by atoms with Crippen LogP contribution in [0, 0.1) is 0 Å². The van der Waals surface area contributed by atoms with Crippen molar-refractivity contribution in [2.75, 3.05) is 6.61 Å². The van der Waals surface area contributed by atoms with E-state index in [4.69, 9.17) is 9.16 Å². The summed E-state index contributed by atoms with van der Waals surface area (Å²) in [5.74, 6) is -0.772. The summed E-state index contributed by atoms with van der Waals surface area (Å²) >= 11 is 0. The van der Waals surface area contributed by atoms with E-state index in [1.165, 1.54) is 95.6 Å². The van der Waals surface area contributed by atoms with E-state index in [1.807, 2.05) is 0 Å². The number of rotatable bonds is 25. The van der Waals surface area contributed by atoms with Gasteiger partial charge in [-0.2, -0.15) is 0 Å². The minimum Gasteiger partial charge on any atom is -0.516 e. The van der Waals surface area contributed by atoms with Crippen LogP contribution in [0.2, 0.25) is 18.1 Å². The van der Waals surface area contributed by atoms with Crippen LogP contribution in [0.15, 0.2) is 12.2 Å². The second-order valence-electron chi connectivity index (χ2n) is 10.3. The molecule has 35 heavy (non-hydrogen) atoms. The van der Waals surface area contributed by atoms with Crippen molar-refractivity contribution in [2.45, 2.75) is 161 Å². The van der Waals surface area contributed by atoms with Crippen molar-refractivity contribution in [1.29, 1.82) is 0 Å². The molecule has 0 aliphatic carbocycles. The molecule has 0 rings (SSSR count). The zero-order valence-electron chi connectivity index (χ0n) is 23.8. The molecule has 0 unspecified atom stereocenters. The Kier molecular flexibility index (Phi) is 23.8. The van der Waals surface area contributed by atoms with Gasteiger partial charge in [-0.15, -0.1) is 0 Å². The Bertz CT molecular complexity index is 501. The molecule has 0 N–H and O–H groups in total. The fourth-order valence-electron chi connectivity index (χ4n) is 4.64. The molecule has 0 heterocycles. The van der Waals surface area contributed by atoms with Crippen molar-refractivity contribution in [2.24, 2.45) is 0 Å². The van der Waals surface area contributed by atoms with E-state index in [0.717, 1.165) is 50.2 Å². The van der Waals surface area contributed by atoms with Crippen molar-refractivity contribution in [3.05, 3.63) is 12.2 Å². The highest BCUT2D eigenvalue weighted by Crippen LogP contribution is 2.31. The molecule has 0 spiro atoms. The molecule has 0 aromatic rings. The number of ether oxygens (including phenoxy) is 1. The maximum atomic E-state index is 12.8. The Morgan fingerprint density at radius 3 is 1.34 bits per heavy atom. The third-order valence-electron chi connectivity index (χ3n) is 6.87. The maximum Gasteiger partial charge on any atom is 0.331 e. The molecule has 5 heteroatoms. The molecule has 0 aliphatic rings. The van der Waals surface area contributed by atoms with Gasteiger partial charge in [-0.05, 0) is 24.6 Å². The van der Waals surface area contributed by atoms with E-state index in [1.54, 1.807) is 0 Å². The van der Waals surface area contributed by atoms with Crippen LogP contribution in [0.3, 0.4) is 0 Å². The van der Waals surface area contributed by atoms with Gasteiger partial charge in [0.2, 0.25) is 0 Å². The first kappa shape index (κ1) is 33.9. The van der Waals surface area contributed by atoms with Crippen LogP contribution in [0.4, 0.5) is 0 Å². The summed E-state index contributed by atoms with van der Waals surface area (Å²) in [4.78, 5) is 24.9. The summed E-state index contributed by atoms with van der Waals surface area (Å²) in [7, 11) is -2.18. The van der Waals surface area contributed by atoms with Crippen LogP contribution in [0.25, 0.3) is 0 Å². The Morgan fingerprint density at radius 1 is 0.514 bits per heavy atom. The Morgan fingerprint density at radius 2 is 0.886 bits per heavy atom. The van der Waals surface area contributed by atoms with E-state index in [-0.39, 0.29) is 5.97 Å². The number of carbonyl (C=O) groups excluding carboxylic acids is 2. The topological polar surface area (TPSA) is 52.6 Å². The van der Waals surface area contributed by atoms with E-state index < -0.39 is 14.3 Å². The Labute approximate surface area is 219 Å². The van der Waals surface area contributed by atoms with Gasteiger partial charge in [-0.25, -0.2) is 9.59 Å².